The number of nitrogens with zero attached hydrogens (tertiary/aromatic N) is 1. The highest BCUT2D eigenvalue weighted by atomic mass is 16.7. The molecule has 0 aliphatic heterocycles. The molecule has 0 amide bonds. The van der Waals surface area contributed by atoms with Gasteiger partial charge in [-0.15, -0.1) is 0 Å². The van der Waals surface area contributed by atoms with Gasteiger partial charge in [0.2, 0.25) is 0 Å². The fourth-order valence-corrected chi connectivity index (χ4v) is 1.61. The molecule has 0 saturated carbocycles. The van der Waals surface area contributed by atoms with Crippen LogP contribution < -0.4 is 5.73 Å². The summed E-state index contributed by atoms with van der Waals surface area (Å²) in [5.74, 6) is -1.52. The van der Waals surface area contributed by atoms with Gasteiger partial charge < -0.3 is 20.3 Å². The van der Waals surface area contributed by atoms with Crippen molar-refractivity contribution < 1.29 is 29.1 Å². The first-order chi connectivity index (χ1) is 10.5. The number of nitro benzene ring substituents is 1. The van der Waals surface area contributed by atoms with Gasteiger partial charge in [0.15, 0.2) is 5.75 Å². The minimum Gasteiger partial charge on any atom is -0.502 e. The van der Waals surface area contributed by atoms with E-state index in [1.165, 1.54) is 6.07 Å². The molecule has 126 valence electrons. The van der Waals surface area contributed by atoms with Crippen molar-refractivity contribution in [3.8, 4) is 5.75 Å². The largest absolute Gasteiger partial charge is 0.516 e. The van der Waals surface area contributed by atoms with Gasteiger partial charge in [0.25, 0.3) is 0 Å². The Kier molecular flexibility index (Phi) is 5.63. The summed E-state index contributed by atoms with van der Waals surface area (Å²) in [4.78, 5) is 33.0. The number of rotatable bonds is 4. The Balaban J connectivity index is 2.70. The minimum absolute atomic E-state index is 0.108. The van der Waals surface area contributed by atoms with Crippen molar-refractivity contribution in [1.82, 2.24) is 0 Å². The molecule has 0 bridgehead atoms. The van der Waals surface area contributed by atoms with Crippen LogP contribution in [0, 0.1) is 10.1 Å². The number of carbonyl (C=O) groups excluding carboxylic acids is 2. The van der Waals surface area contributed by atoms with E-state index < -0.39 is 40.1 Å². The summed E-state index contributed by atoms with van der Waals surface area (Å²) in [6.07, 6.45) is -1.28. The SMILES string of the molecule is CC(C)(C)OC(=O)OC(=O)[C@@H](N)Cc1ccc(O)c([N+](=O)[O-])c1. The van der Waals surface area contributed by atoms with E-state index in [-0.39, 0.29) is 6.42 Å². The Hall–Kier alpha value is -2.68. The molecule has 0 radical (unpaired) electrons. The minimum atomic E-state index is -1.22. The van der Waals surface area contributed by atoms with Gasteiger partial charge in [0.05, 0.1) is 4.92 Å². The molecule has 0 heterocycles. The Morgan fingerprint density at radius 1 is 1.39 bits per heavy atom. The molecule has 0 aliphatic rings. The van der Waals surface area contributed by atoms with Gasteiger partial charge >= 0.3 is 17.8 Å². The van der Waals surface area contributed by atoms with Crippen molar-refractivity contribution in [1.29, 1.82) is 0 Å². The van der Waals surface area contributed by atoms with Crippen LogP contribution in [0.2, 0.25) is 0 Å². The zero-order chi connectivity index (χ0) is 17.8. The molecule has 9 nitrogen and oxygen atoms in total. The quantitative estimate of drug-likeness (QED) is 0.368. The maximum absolute atomic E-state index is 11.7. The third-order valence-corrected chi connectivity index (χ3v) is 2.57. The van der Waals surface area contributed by atoms with Crippen LogP contribution in [-0.4, -0.2) is 33.8 Å². The van der Waals surface area contributed by atoms with E-state index in [0.717, 1.165) is 12.1 Å². The number of benzene rings is 1. The van der Waals surface area contributed by atoms with Gasteiger partial charge in [-0.3, -0.25) is 10.1 Å². The number of hydrogen-bond donors (Lipinski definition) is 2. The molecule has 0 saturated heterocycles. The summed E-state index contributed by atoms with van der Waals surface area (Å²) in [7, 11) is 0. The lowest BCUT2D eigenvalue weighted by molar-refractivity contribution is -0.385. The van der Waals surface area contributed by atoms with E-state index in [9.17, 15) is 24.8 Å². The third-order valence-electron chi connectivity index (χ3n) is 2.57. The highest BCUT2D eigenvalue weighted by Crippen LogP contribution is 2.26. The number of esters is 1. The number of phenolic OH excluding ortho intramolecular Hbond substituents is 1. The molecule has 1 aromatic rings. The van der Waals surface area contributed by atoms with Gasteiger partial charge in [-0.2, -0.15) is 0 Å². The van der Waals surface area contributed by atoms with Crippen LogP contribution in [-0.2, 0) is 20.7 Å². The van der Waals surface area contributed by atoms with Crippen molar-refractivity contribution in [3.63, 3.8) is 0 Å². The predicted octanol–water partition coefficient (Wildman–Crippen LogP) is 1.65. The first-order valence-electron chi connectivity index (χ1n) is 6.66. The first kappa shape index (κ1) is 18.4. The first-order valence-corrected chi connectivity index (χ1v) is 6.66. The van der Waals surface area contributed by atoms with Crippen molar-refractivity contribution in [2.45, 2.75) is 38.8 Å². The van der Waals surface area contributed by atoms with E-state index in [1.807, 2.05) is 0 Å². The van der Waals surface area contributed by atoms with Crippen LogP contribution in [0.4, 0.5) is 10.5 Å². The Bertz CT molecular complexity index is 622. The molecule has 0 spiro atoms. The molecular weight excluding hydrogens is 308 g/mol. The molecule has 1 aromatic carbocycles. The molecule has 0 aliphatic carbocycles. The Labute approximate surface area is 132 Å². The average molecular weight is 326 g/mol. The fourth-order valence-electron chi connectivity index (χ4n) is 1.61. The van der Waals surface area contributed by atoms with Gasteiger partial charge in [0, 0.05) is 6.07 Å². The Morgan fingerprint density at radius 2 is 2.00 bits per heavy atom. The number of hydrogen-bond acceptors (Lipinski definition) is 8. The molecule has 0 unspecified atom stereocenters. The second-order valence-corrected chi connectivity index (χ2v) is 5.78. The summed E-state index contributed by atoms with van der Waals surface area (Å²) in [5, 5.41) is 20.1. The highest BCUT2D eigenvalue weighted by molar-refractivity contribution is 5.85. The number of aromatic hydroxyl groups is 1. The van der Waals surface area contributed by atoms with E-state index >= 15 is 0 Å². The second-order valence-electron chi connectivity index (χ2n) is 5.78. The van der Waals surface area contributed by atoms with Crippen molar-refractivity contribution in [2.24, 2.45) is 5.73 Å². The molecule has 0 fully saturated rings. The summed E-state index contributed by atoms with van der Waals surface area (Å²) >= 11 is 0. The van der Waals surface area contributed by atoms with E-state index in [1.54, 1.807) is 20.8 Å². The molecule has 3 N–H and O–H groups in total. The van der Waals surface area contributed by atoms with Crippen molar-refractivity contribution >= 4 is 17.8 Å². The van der Waals surface area contributed by atoms with Gasteiger partial charge in [-0.05, 0) is 38.8 Å². The lowest BCUT2D eigenvalue weighted by Gasteiger charge is -2.19. The molecule has 1 atom stereocenters. The van der Waals surface area contributed by atoms with Crippen LogP contribution in [0.25, 0.3) is 0 Å². The van der Waals surface area contributed by atoms with E-state index in [0.29, 0.717) is 5.56 Å². The topological polar surface area (TPSA) is 142 Å². The zero-order valence-electron chi connectivity index (χ0n) is 12.9. The number of nitrogens with two attached hydrogens (primary N) is 1. The molecule has 0 aromatic heterocycles. The van der Waals surface area contributed by atoms with Crippen LogP contribution in [0.5, 0.6) is 5.75 Å². The van der Waals surface area contributed by atoms with Crippen molar-refractivity contribution in [2.75, 3.05) is 0 Å². The summed E-state index contributed by atoms with van der Waals surface area (Å²) in [6, 6.07) is 2.38. The molecule has 9 heteroatoms. The second kappa shape index (κ2) is 7.05. The van der Waals surface area contributed by atoms with Crippen LogP contribution in [0.15, 0.2) is 18.2 Å². The molecule has 1 rings (SSSR count). The summed E-state index contributed by atoms with van der Waals surface area (Å²) in [6.45, 7) is 4.82. The normalized spacial score (nSPS) is 12.3. The number of phenols is 1. The lowest BCUT2D eigenvalue weighted by atomic mass is 10.1. The predicted molar refractivity (Wildman–Crippen MR) is 78.8 cm³/mol. The van der Waals surface area contributed by atoms with Gasteiger partial charge in [0.1, 0.15) is 11.6 Å². The molecule has 23 heavy (non-hydrogen) atoms. The van der Waals surface area contributed by atoms with E-state index in [4.69, 9.17) is 10.5 Å². The van der Waals surface area contributed by atoms with E-state index in [2.05, 4.69) is 4.74 Å². The number of ether oxygens (including phenoxy) is 2. The standard InChI is InChI=1S/C14H18N2O7/c1-14(2,3)23-13(19)22-12(18)9(15)6-8-4-5-11(17)10(7-8)16(20)21/h4-5,7,9,17H,6,15H2,1-3H3/t9-/m0/s1. The third kappa shape index (κ3) is 5.91. The van der Waals surface area contributed by atoms with Crippen LogP contribution >= 0.6 is 0 Å². The summed E-state index contributed by atoms with van der Waals surface area (Å²) in [5.41, 5.74) is 4.62. The van der Waals surface area contributed by atoms with Gasteiger partial charge in [-0.25, -0.2) is 9.59 Å². The fraction of sp³-hybridized carbons (Fsp3) is 0.429. The lowest BCUT2D eigenvalue weighted by Crippen LogP contribution is -2.37. The van der Waals surface area contributed by atoms with Crippen LogP contribution in [0.3, 0.4) is 0 Å². The maximum atomic E-state index is 11.7. The van der Waals surface area contributed by atoms with Gasteiger partial charge in [-0.1, -0.05) is 6.07 Å². The Morgan fingerprint density at radius 3 is 2.52 bits per heavy atom. The monoisotopic (exact) mass is 326 g/mol. The summed E-state index contributed by atoms with van der Waals surface area (Å²) < 4.78 is 9.27. The highest BCUT2D eigenvalue weighted by Gasteiger charge is 2.25. The van der Waals surface area contributed by atoms with Crippen molar-refractivity contribution in [3.05, 3.63) is 33.9 Å². The maximum Gasteiger partial charge on any atom is 0.516 e. The molecular formula is C14H18N2O7. The smallest absolute Gasteiger partial charge is 0.502 e. The zero-order valence-corrected chi connectivity index (χ0v) is 12.9. The average Bonchev–Trinajstić information content (AvgIpc) is 2.38. The number of carbonyl (C=O) groups is 2. The van der Waals surface area contributed by atoms with Crippen LogP contribution in [0.1, 0.15) is 26.3 Å². The number of nitro groups is 1.